The first-order valence-corrected chi connectivity index (χ1v) is 12.0. The molecule has 4 rings (SSSR count). The van der Waals surface area contributed by atoms with Gasteiger partial charge in [-0.25, -0.2) is 9.59 Å². The molecule has 0 fully saturated rings. The standard InChI is InChI=1S/C23H20N2O5.C7H7NO2/c26-19-12-6-15(7-13-19)14-20(25-21(27)16-4-2-1-3-5-16)22(28)24-18-10-8-17(9-11-18)23(29)30;8-6-3-1-5(2-4-6)7(9)10/h1-13,20,26H,14H2,(H,24,28)(H,25,27)(H,29,30);1-4H,8H2,(H,9,10)/t20-;/m0./s1. The summed E-state index contributed by atoms with van der Waals surface area (Å²) in [5.41, 5.74) is 7.86. The molecular formula is C30H27N3O7. The molecule has 0 aliphatic carbocycles. The molecule has 10 nitrogen and oxygen atoms in total. The molecule has 0 spiro atoms. The highest BCUT2D eigenvalue weighted by Gasteiger charge is 2.22. The maximum Gasteiger partial charge on any atom is 0.335 e. The van der Waals surface area contributed by atoms with Crippen LogP contribution in [0.25, 0.3) is 0 Å². The van der Waals surface area contributed by atoms with Crippen LogP contribution in [0.3, 0.4) is 0 Å². The molecule has 0 saturated heterocycles. The molecule has 7 N–H and O–H groups in total. The smallest absolute Gasteiger partial charge is 0.335 e. The van der Waals surface area contributed by atoms with Crippen molar-refractivity contribution in [3.05, 3.63) is 125 Å². The highest BCUT2D eigenvalue weighted by molar-refractivity contribution is 6.01. The summed E-state index contributed by atoms with van der Waals surface area (Å²) in [6.07, 6.45) is 0.206. The Bertz CT molecular complexity index is 1450. The van der Waals surface area contributed by atoms with Crippen molar-refractivity contribution in [3.8, 4) is 5.75 Å². The molecule has 1 atom stereocenters. The largest absolute Gasteiger partial charge is 0.508 e. The van der Waals surface area contributed by atoms with E-state index in [0.29, 0.717) is 16.9 Å². The minimum atomic E-state index is -1.06. The van der Waals surface area contributed by atoms with E-state index in [1.54, 1.807) is 54.6 Å². The van der Waals surface area contributed by atoms with Crippen LogP contribution in [-0.2, 0) is 11.2 Å². The number of phenols is 1. The minimum Gasteiger partial charge on any atom is -0.508 e. The lowest BCUT2D eigenvalue weighted by molar-refractivity contribution is -0.118. The molecule has 0 aliphatic heterocycles. The number of nitrogens with two attached hydrogens (primary N) is 1. The number of amides is 2. The Morgan fingerprint density at radius 1 is 0.675 bits per heavy atom. The number of carboxylic acid groups (broad SMARTS) is 2. The molecule has 2 amide bonds. The fourth-order valence-electron chi connectivity index (χ4n) is 3.46. The van der Waals surface area contributed by atoms with E-state index < -0.39 is 29.8 Å². The fourth-order valence-corrected chi connectivity index (χ4v) is 3.46. The molecule has 4 aromatic rings. The van der Waals surface area contributed by atoms with E-state index in [9.17, 15) is 24.3 Å². The lowest BCUT2D eigenvalue weighted by Crippen LogP contribution is -2.45. The van der Waals surface area contributed by atoms with Gasteiger partial charge in [0.15, 0.2) is 0 Å². The zero-order valence-corrected chi connectivity index (χ0v) is 21.2. The third-order valence-corrected chi connectivity index (χ3v) is 5.59. The Labute approximate surface area is 229 Å². The van der Waals surface area contributed by atoms with Crippen molar-refractivity contribution in [2.24, 2.45) is 0 Å². The van der Waals surface area contributed by atoms with Crippen molar-refractivity contribution in [1.82, 2.24) is 5.32 Å². The summed E-state index contributed by atoms with van der Waals surface area (Å²) in [4.78, 5) is 46.7. The molecule has 204 valence electrons. The SMILES string of the molecule is Nc1ccc(C(=O)O)cc1.O=C(O)c1ccc(NC(=O)[C@H](Cc2ccc(O)cc2)NC(=O)c2ccccc2)cc1. The predicted molar refractivity (Wildman–Crippen MR) is 149 cm³/mol. The van der Waals surface area contributed by atoms with Gasteiger partial charge in [-0.15, -0.1) is 0 Å². The quantitative estimate of drug-likeness (QED) is 0.181. The lowest BCUT2D eigenvalue weighted by Gasteiger charge is -2.19. The summed E-state index contributed by atoms with van der Waals surface area (Å²) in [6, 6.07) is 25.8. The van der Waals surface area contributed by atoms with Crippen LogP contribution in [0.5, 0.6) is 5.75 Å². The van der Waals surface area contributed by atoms with Gasteiger partial charge in [0.05, 0.1) is 11.1 Å². The predicted octanol–water partition coefficient (Wildman–Crippen LogP) is 4.04. The molecule has 0 aromatic heterocycles. The molecular weight excluding hydrogens is 514 g/mol. The van der Waals surface area contributed by atoms with Gasteiger partial charge in [-0.05, 0) is 78.4 Å². The summed E-state index contributed by atoms with van der Waals surface area (Å²) in [7, 11) is 0. The number of nitrogen functional groups attached to an aromatic ring is 1. The second-order valence-corrected chi connectivity index (χ2v) is 8.56. The zero-order chi connectivity index (χ0) is 29.1. The number of benzene rings is 4. The molecule has 0 unspecified atom stereocenters. The van der Waals surface area contributed by atoms with Crippen LogP contribution in [0.2, 0.25) is 0 Å². The van der Waals surface area contributed by atoms with Crippen LogP contribution in [0, 0.1) is 0 Å². The molecule has 0 aliphatic rings. The summed E-state index contributed by atoms with van der Waals surface area (Å²) in [5.74, 6) is -2.73. The van der Waals surface area contributed by atoms with Gasteiger partial charge in [-0.3, -0.25) is 9.59 Å². The van der Waals surface area contributed by atoms with Gasteiger partial charge in [0.2, 0.25) is 5.91 Å². The maximum atomic E-state index is 12.9. The van der Waals surface area contributed by atoms with Crippen molar-refractivity contribution in [2.75, 3.05) is 11.1 Å². The Kier molecular flexibility index (Phi) is 9.96. The monoisotopic (exact) mass is 541 g/mol. The molecule has 4 aromatic carbocycles. The third-order valence-electron chi connectivity index (χ3n) is 5.59. The first-order chi connectivity index (χ1) is 19.1. The first kappa shape index (κ1) is 28.9. The van der Waals surface area contributed by atoms with Gasteiger partial charge in [0.1, 0.15) is 11.8 Å². The number of hydrogen-bond acceptors (Lipinski definition) is 6. The highest BCUT2D eigenvalue weighted by Crippen LogP contribution is 2.14. The van der Waals surface area contributed by atoms with Crippen molar-refractivity contribution in [2.45, 2.75) is 12.5 Å². The van der Waals surface area contributed by atoms with E-state index in [-0.39, 0.29) is 23.3 Å². The number of aromatic hydroxyl groups is 1. The van der Waals surface area contributed by atoms with E-state index >= 15 is 0 Å². The third kappa shape index (κ3) is 8.73. The van der Waals surface area contributed by atoms with Crippen LogP contribution in [0.15, 0.2) is 103 Å². The van der Waals surface area contributed by atoms with E-state index in [2.05, 4.69) is 10.6 Å². The van der Waals surface area contributed by atoms with Crippen LogP contribution in [0.4, 0.5) is 11.4 Å². The van der Waals surface area contributed by atoms with Gasteiger partial charge in [-0.1, -0.05) is 30.3 Å². The summed E-state index contributed by atoms with van der Waals surface area (Å²) >= 11 is 0. The summed E-state index contributed by atoms with van der Waals surface area (Å²) in [6.45, 7) is 0. The zero-order valence-electron chi connectivity index (χ0n) is 21.2. The Balaban J connectivity index is 0.000000371. The summed E-state index contributed by atoms with van der Waals surface area (Å²) < 4.78 is 0. The average Bonchev–Trinajstić information content (AvgIpc) is 2.95. The Hall–Kier alpha value is -5.64. The topological polar surface area (TPSA) is 179 Å². The van der Waals surface area contributed by atoms with E-state index in [1.807, 2.05) is 0 Å². The number of carboxylic acids is 2. The average molecular weight is 542 g/mol. The highest BCUT2D eigenvalue weighted by atomic mass is 16.4. The van der Waals surface area contributed by atoms with Crippen LogP contribution in [0.1, 0.15) is 36.6 Å². The number of aromatic carboxylic acids is 2. The van der Waals surface area contributed by atoms with E-state index in [4.69, 9.17) is 15.9 Å². The van der Waals surface area contributed by atoms with E-state index in [0.717, 1.165) is 5.56 Å². The fraction of sp³-hybridized carbons (Fsp3) is 0.0667. The molecule has 0 bridgehead atoms. The number of nitrogens with one attached hydrogen (secondary N) is 2. The Morgan fingerprint density at radius 3 is 1.73 bits per heavy atom. The number of phenolic OH excluding ortho intramolecular Hbond substituents is 1. The maximum absolute atomic E-state index is 12.9. The molecule has 40 heavy (non-hydrogen) atoms. The van der Waals surface area contributed by atoms with Gasteiger partial charge < -0.3 is 31.7 Å². The Morgan fingerprint density at radius 2 is 1.20 bits per heavy atom. The van der Waals surface area contributed by atoms with Crippen molar-refractivity contribution >= 4 is 35.1 Å². The van der Waals surface area contributed by atoms with Gasteiger partial charge in [0, 0.05) is 23.4 Å². The summed E-state index contributed by atoms with van der Waals surface area (Å²) in [5, 5.41) is 32.3. The number of carbonyl (C=O) groups is 4. The van der Waals surface area contributed by atoms with Gasteiger partial charge in [-0.2, -0.15) is 0 Å². The number of carbonyl (C=O) groups excluding carboxylic acids is 2. The minimum absolute atomic E-state index is 0.103. The van der Waals surface area contributed by atoms with Crippen LogP contribution in [-0.4, -0.2) is 45.1 Å². The lowest BCUT2D eigenvalue weighted by atomic mass is 10.0. The van der Waals surface area contributed by atoms with Gasteiger partial charge in [0.25, 0.3) is 5.91 Å². The van der Waals surface area contributed by atoms with Gasteiger partial charge >= 0.3 is 11.9 Å². The molecule has 10 heteroatoms. The van der Waals surface area contributed by atoms with Crippen molar-refractivity contribution in [3.63, 3.8) is 0 Å². The normalized spacial score (nSPS) is 10.8. The van der Waals surface area contributed by atoms with Crippen LogP contribution < -0.4 is 16.4 Å². The molecule has 0 heterocycles. The van der Waals surface area contributed by atoms with E-state index in [1.165, 1.54) is 48.5 Å². The molecule has 0 radical (unpaired) electrons. The second-order valence-electron chi connectivity index (χ2n) is 8.56. The second kappa shape index (κ2) is 13.8. The van der Waals surface area contributed by atoms with Crippen molar-refractivity contribution < 1.29 is 34.5 Å². The number of anilines is 2. The number of rotatable bonds is 8. The first-order valence-electron chi connectivity index (χ1n) is 12.0. The van der Waals surface area contributed by atoms with Crippen LogP contribution >= 0.6 is 0 Å². The number of hydrogen-bond donors (Lipinski definition) is 6. The molecule has 0 saturated carbocycles. The van der Waals surface area contributed by atoms with Crippen molar-refractivity contribution in [1.29, 1.82) is 0 Å².